The maximum absolute atomic E-state index is 9.38. The molecule has 0 unspecified atom stereocenters. The van der Waals surface area contributed by atoms with Crippen molar-refractivity contribution in [2.24, 2.45) is 0 Å². The summed E-state index contributed by atoms with van der Waals surface area (Å²) in [6.45, 7) is 0. The van der Waals surface area contributed by atoms with E-state index in [1.165, 1.54) is 0 Å². The second-order valence-electron chi connectivity index (χ2n) is 4.64. The largest absolute Gasteiger partial charge is 0.508 e. The van der Waals surface area contributed by atoms with E-state index in [0.29, 0.717) is 11.5 Å². The number of benzene rings is 3. The van der Waals surface area contributed by atoms with Crippen LogP contribution in [0.5, 0.6) is 23.0 Å². The smallest absolute Gasteiger partial charge is 0.135 e. The Morgan fingerprint density at radius 1 is 0.619 bits per heavy atom. The maximum atomic E-state index is 9.38. The van der Waals surface area contributed by atoms with Gasteiger partial charge < -0.3 is 14.9 Å². The second-order valence-corrected chi connectivity index (χ2v) is 4.64. The van der Waals surface area contributed by atoms with E-state index in [-0.39, 0.29) is 11.5 Å². The van der Waals surface area contributed by atoms with Crippen LogP contribution in [-0.2, 0) is 0 Å². The highest BCUT2D eigenvalue weighted by atomic mass is 16.5. The Labute approximate surface area is 122 Å². The Kier molecular flexibility index (Phi) is 3.48. The lowest BCUT2D eigenvalue weighted by atomic mass is 10.0. The van der Waals surface area contributed by atoms with Crippen molar-refractivity contribution in [2.75, 3.05) is 0 Å². The highest BCUT2D eigenvalue weighted by Crippen LogP contribution is 2.34. The number of phenols is 2. The van der Waals surface area contributed by atoms with Crippen molar-refractivity contribution in [2.45, 2.75) is 0 Å². The van der Waals surface area contributed by atoms with E-state index in [1.54, 1.807) is 36.4 Å². The van der Waals surface area contributed by atoms with Gasteiger partial charge in [0.15, 0.2) is 0 Å². The molecule has 0 heterocycles. The molecule has 21 heavy (non-hydrogen) atoms. The van der Waals surface area contributed by atoms with Crippen molar-refractivity contribution in [1.82, 2.24) is 0 Å². The van der Waals surface area contributed by atoms with Crippen LogP contribution in [0.2, 0.25) is 0 Å². The van der Waals surface area contributed by atoms with Gasteiger partial charge in [-0.3, -0.25) is 0 Å². The van der Waals surface area contributed by atoms with Crippen molar-refractivity contribution in [3.63, 3.8) is 0 Å². The fourth-order valence-corrected chi connectivity index (χ4v) is 2.08. The second kappa shape index (κ2) is 5.59. The van der Waals surface area contributed by atoms with Crippen LogP contribution in [0.4, 0.5) is 0 Å². The lowest BCUT2D eigenvalue weighted by molar-refractivity contribution is 0.465. The van der Waals surface area contributed by atoms with Gasteiger partial charge in [-0.1, -0.05) is 30.3 Å². The van der Waals surface area contributed by atoms with Crippen LogP contribution >= 0.6 is 0 Å². The first-order chi connectivity index (χ1) is 10.2. The SMILES string of the molecule is Oc1ccc(Oc2ccccc2-c2ccc(O)cc2)cc1. The van der Waals surface area contributed by atoms with Crippen LogP contribution in [0.15, 0.2) is 72.8 Å². The average Bonchev–Trinajstić information content (AvgIpc) is 2.51. The van der Waals surface area contributed by atoms with Crippen LogP contribution in [0.25, 0.3) is 11.1 Å². The highest BCUT2D eigenvalue weighted by molar-refractivity contribution is 5.71. The zero-order valence-corrected chi connectivity index (χ0v) is 11.2. The van der Waals surface area contributed by atoms with Crippen LogP contribution in [-0.4, -0.2) is 10.2 Å². The zero-order chi connectivity index (χ0) is 14.7. The molecule has 0 radical (unpaired) electrons. The number of hydrogen-bond donors (Lipinski definition) is 2. The normalized spacial score (nSPS) is 10.3. The Morgan fingerprint density at radius 3 is 1.86 bits per heavy atom. The third kappa shape index (κ3) is 2.98. The zero-order valence-electron chi connectivity index (χ0n) is 11.2. The molecule has 0 saturated heterocycles. The summed E-state index contributed by atoms with van der Waals surface area (Å²) in [6, 6.07) is 21.2. The molecule has 0 fully saturated rings. The molecule has 104 valence electrons. The first-order valence-electron chi connectivity index (χ1n) is 6.58. The molecule has 0 aliphatic heterocycles. The highest BCUT2D eigenvalue weighted by Gasteiger charge is 2.07. The van der Waals surface area contributed by atoms with E-state index in [4.69, 9.17) is 4.74 Å². The van der Waals surface area contributed by atoms with Crippen LogP contribution in [0.3, 0.4) is 0 Å². The summed E-state index contributed by atoms with van der Waals surface area (Å²) < 4.78 is 5.88. The quantitative estimate of drug-likeness (QED) is 0.738. The van der Waals surface area contributed by atoms with Gasteiger partial charge >= 0.3 is 0 Å². The number of aromatic hydroxyl groups is 2. The first kappa shape index (κ1) is 13.1. The number of ether oxygens (including phenoxy) is 1. The number of hydrogen-bond acceptors (Lipinski definition) is 3. The molecule has 0 aromatic heterocycles. The van der Waals surface area contributed by atoms with E-state index in [2.05, 4.69) is 0 Å². The monoisotopic (exact) mass is 278 g/mol. The summed E-state index contributed by atoms with van der Waals surface area (Å²) >= 11 is 0. The minimum absolute atomic E-state index is 0.203. The van der Waals surface area contributed by atoms with Gasteiger partial charge in [-0.25, -0.2) is 0 Å². The van der Waals surface area contributed by atoms with E-state index in [0.717, 1.165) is 11.1 Å². The maximum Gasteiger partial charge on any atom is 0.135 e. The fraction of sp³-hybridized carbons (Fsp3) is 0. The Balaban J connectivity index is 1.96. The molecule has 2 N–H and O–H groups in total. The van der Waals surface area contributed by atoms with Gasteiger partial charge in [-0.05, 0) is 48.0 Å². The Bertz CT molecular complexity index is 731. The average molecular weight is 278 g/mol. The predicted molar refractivity (Wildman–Crippen MR) is 81.7 cm³/mol. The first-order valence-corrected chi connectivity index (χ1v) is 6.58. The van der Waals surface area contributed by atoms with Crippen molar-refractivity contribution in [3.8, 4) is 34.1 Å². The van der Waals surface area contributed by atoms with Crippen molar-refractivity contribution >= 4 is 0 Å². The molecule has 0 saturated carbocycles. The molecule has 3 nitrogen and oxygen atoms in total. The molecule has 0 aliphatic rings. The molecule has 0 bridgehead atoms. The van der Waals surface area contributed by atoms with E-state index >= 15 is 0 Å². The molecule has 3 aromatic carbocycles. The molecule has 0 aliphatic carbocycles. The van der Waals surface area contributed by atoms with Gasteiger partial charge in [0.05, 0.1) is 0 Å². The third-order valence-electron chi connectivity index (χ3n) is 3.13. The van der Waals surface area contributed by atoms with Crippen molar-refractivity contribution < 1.29 is 14.9 Å². The topological polar surface area (TPSA) is 49.7 Å². The summed E-state index contributed by atoms with van der Waals surface area (Å²) in [5.41, 5.74) is 1.90. The Morgan fingerprint density at radius 2 is 1.19 bits per heavy atom. The lowest BCUT2D eigenvalue weighted by Crippen LogP contribution is -1.87. The molecule has 0 atom stereocenters. The van der Waals surface area contributed by atoms with Gasteiger partial charge in [0.1, 0.15) is 23.0 Å². The van der Waals surface area contributed by atoms with Crippen molar-refractivity contribution in [1.29, 1.82) is 0 Å². The predicted octanol–water partition coefficient (Wildman–Crippen LogP) is 4.56. The van der Waals surface area contributed by atoms with Crippen LogP contribution < -0.4 is 4.74 Å². The van der Waals surface area contributed by atoms with E-state index < -0.39 is 0 Å². The summed E-state index contributed by atoms with van der Waals surface area (Å²) in [4.78, 5) is 0. The van der Waals surface area contributed by atoms with Crippen LogP contribution in [0.1, 0.15) is 0 Å². The minimum Gasteiger partial charge on any atom is -0.508 e. The van der Waals surface area contributed by atoms with Crippen molar-refractivity contribution in [3.05, 3.63) is 72.8 Å². The molecule has 3 aromatic rings. The van der Waals surface area contributed by atoms with Gasteiger partial charge in [0, 0.05) is 5.56 Å². The number of rotatable bonds is 3. The van der Waals surface area contributed by atoms with Gasteiger partial charge in [0.2, 0.25) is 0 Å². The Hall–Kier alpha value is -2.94. The fourth-order valence-electron chi connectivity index (χ4n) is 2.08. The summed E-state index contributed by atoms with van der Waals surface area (Å²) in [6.07, 6.45) is 0. The number of para-hydroxylation sites is 1. The summed E-state index contributed by atoms with van der Waals surface area (Å²) in [5.74, 6) is 1.80. The summed E-state index contributed by atoms with van der Waals surface area (Å²) in [7, 11) is 0. The lowest BCUT2D eigenvalue weighted by Gasteiger charge is -2.11. The summed E-state index contributed by atoms with van der Waals surface area (Å²) in [5, 5.41) is 18.7. The van der Waals surface area contributed by atoms with Gasteiger partial charge in [-0.2, -0.15) is 0 Å². The van der Waals surface area contributed by atoms with Crippen LogP contribution in [0, 0.1) is 0 Å². The standard InChI is InChI=1S/C18H14O3/c19-14-7-5-13(6-8-14)17-3-1-2-4-18(17)21-16-11-9-15(20)10-12-16/h1-12,19-20H. The molecule has 3 rings (SSSR count). The minimum atomic E-state index is 0.203. The molecule has 0 amide bonds. The van der Waals surface area contributed by atoms with Gasteiger partial charge in [-0.15, -0.1) is 0 Å². The van der Waals surface area contributed by atoms with Gasteiger partial charge in [0.25, 0.3) is 0 Å². The number of phenolic OH excluding ortho intramolecular Hbond substituents is 2. The molecular weight excluding hydrogens is 264 g/mol. The molecular formula is C18H14O3. The van der Waals surface area contributed by atoms with E-state index in [1.807, 2.05) is 36.4 Å². The molecule has 0 spiro atoms. The third-order valence-corrected chi connectivity index (χ3v) is 3.13. The molecule has 3 heteroatoms. The van der Waals surface area contributed by atoms with E-state index in [9.17, 15) is 10.2 Å².